The molecule has 0 fully saturated rings. The number of carbonyl (C=O) groups excluding carboxylic acids is 1. The molecule has 0 bridgehead atoms. The third-order valence-electron chi connectivity index (χ3n) is 4.43. The van der Waals surface area contributed by atoms with Crippen molar-refractivity contribution in [2.24, 2.45) is 0 Å². The van der Waals surface area contributed by atoms with Crippen LogP contribution in [0.2, 0.25) is 0 Å². The quantitative estimate of drug-likeness (QED) is 0.530. The molecule has 0 saturated carbocycles. The molecule has 130 valence electrons. The van der Waals surface area contributed by atoms with Gasteiger partial charge in [0.05, 0.1) is 6.42 Å². The number of anilines is 1. The normalized spacial score (nSPS) is 15.1. The van der Waals surface area contributed by atoms with Gasteiger partial charge in [-0.3, -0.25) is 9.59 Å². The second-order valence-corrected chi connectivity index (χ2v) is 6.39. The third-order valence-corrected chi connectivity index (χ3v) is 4.43. The van der Waals surface area contributed by atoms with Gasteiger partial charge in [0.1, 0.15) is 0 Å². The number of ketones is 1. The van der Waals surface area contributed by atoms with Gasteiger partial charge in [0, 0.05) is 24.2 Å². The molecular formula is C20H27NO3. The van der Waals surface area contributed by atoms with Crippen LogP contribution in [0.3, 0.4) is 0 Å². The lowest BCUT2D eigenvalue weighted by Crippen LogP contribution is -2.05. The smallest absolute Gasteiger partial charge is 0.303 e. The van der Waals surface area contributed by atoms with Gasteiger partial charge in [0.2, 0.25) is 0 Å². The number of benzene rings is 1. The van der Waals surface area contributed by atoms with E-state index in [1.807, 2.05) is 12.1 Å². The van der Waals surface area contributed by atoms with Crippen molar-refractivity contribution in [3.63, 3.8) is 0 Å². The summed E-state index contributed by atoms with van der Waals surface area (Å²) in [6.45, 7) is 0.901. The molecule has 2 rings (SSSR count). The molecule has 1 aliphatic rings. The Bertz CT molecular complexity index is 575. The molecule has 0 spiro atoms. The number of hydrogen-bond donors (Lipinski definition) is 2. The summed E-state index contributed by atoms with van der Waals surface area (Å²) in [6.07, 6.45) is 11.2. The molecule has 0 saturated heterocycles. The molecule has 0 radical (unpaired) electrons. The standard InChI is InChI=1S/C20H27NO3/c22-19(12-13-20(23)24)17-8-10-18(11-9-17)21-15-14-16-6-4-2-1-3-5-7-16/h6,8-11,21H,1-5,7,12-15H2,(H,23,24). The van der Waals surface area contributed by atoms with Gasteiger partial charge in [-0.1, -0.05) is 24.5 Å². The summed E-state index contributed by atoms with van der Waals surface area (Å²) >= 11 is 0. The number of aliphatic carboxylic acids is 1. The van der Waals surface area contributed by atoms with Crippen molar-refractivity contribution >= 4 is 17.4 Å². The maximum absolute atomic E-state index is 11.9. The van der Waals surface area contributed by atoms with Crippen molar-refractivity contribution in [2.45, 2.75) is 57.8 Å². The molecule has 0 unspecified atom stereocenters. The molecule has 24 heavy (non-hydrogen) atoms. The van der Waals surface area contributed by atoms with E-state index < -0.39 is 5.97 Å². The van der Waals surface area contributed by atoms with Gasteiger partial charge < -0.3 is 10.4 Å². The first-order valence-corrected chi connectivity index (χ1v) is 8.92. The highest BCUT2D eigenvalue weighted by Gasteiger charge is 2.08. The van der Waals surface area contributed by atoms with Crippen LogP contribution < -0.4 is 5.32 Å². The van der Waals surface area contributed by atoms with Crippen LogP contribution >= 0.6 is 0 Å². The minimum Gasteiger partial charge on any atom is -0.481 e. The highest BCUT2D eigenvalue weighted by molar-refractivity contribution is 5.97. The van der Waals surface area contributed by atoms with Gasteiger partial charge in [-0.05, 0) is 56.4 Å². The predicted molar refractivity (Wildman–Crippen MR) is 96.5 cm³/mol. The van der Waals surface area contributed by atoms with E-state index in [0.29, 0.717) is 5.56 Å². The zero-order valence-electron chi connectivity index (χ0n) is 14.2. The molecule has 0 aromatic heterocycles. The van der Waals surface area contributed by atoms with Crippen LogP contribution in [0, 0.1) is 0 Å². The summed E-state index contributed by atoms with van der Waals surface area (Å²) in [5.74, 6) is -1.06. The minimum absolute atomic E-state index is 0.0518. The molecule has 1 aromatic rings. The molecule has 1 aliphatic carbocycles. The van der Waals surface area contributed by atoms with Crippen LogP contribution in [0.1, 0.15) is 68.1 Å². The van der Waals surface area contributed by atoms with Crippen molar-refractivity contribution in [1.29, 1.82) is 0 Å². The van der Waals surface area contributed by atoms with Gasteiger partial charge in [0.15, 0.2) is 5.78 Å². The van der Waals surface area contributed by atoms with Crippen LogP contribution in [-0.4, -0.2) is 23.4 Å². The lowest BCUT2D eigenvalue weighted by molar-refractivity contribution is -0.136. The Morgan fingerprint density at radius 2 is 1.75 bits per heavy atom. The summed E-state index contributed by atoms with van der Waals surface area (Å²) in [6, 6.07) is 7.31. The molecule has 0 atom stereocenters. The molecule has 4 nitrogen and oxygen atoms in total. The summed E-state index contributed by atoms with van der Waals surface area (Å²) in [4.78, 5) is 22.4. The molecule has 2 N–H and O–H groups in total. The number of nitrogens with one attached hydrogen (secondary N) is 1. The van der Waals surface area contributed by atoms with Gasteiger partial charge in [-0.2, -0.15) is 0 Å². The highest BCUT2D eigenvalue weighted by atomic mass is 16.4. The second kappa shape index (κ2) is 9.91. The Morgan fingerprint density at radius 1 is 1.00 bits per heavy atom. The van der Waals surface area contributed by atoms with Gasteiger partial charge in [-0.15, -0.1) is 0 Å². The van der Waals surface area contributed by atoms with E-state index in [0.717, 1.165) is 18.7 Å². The Hall–Kier alpha value is -2.10. The summed E-state index contributed by atoms with van der Waals surface area (Å²) in [5.41, 5.74) is 3.13. The summed E-state index contributed by atoms with van der Waals surface area (Å²) in [7, 11) is 0. The maximum atomic E-state index is 11.9. The lowest BCUT2D eigenvalue weighted by Gasteiger charge is -2.12. The van der Waals surface area contributed by atoms with E-state index in [9.17, 15) is 9.59 Å². The summed E-state index contributed by atoms with van der Waals surface area (Å²) < 4.78 is 0. The van der Waals surface area contributed by atoms with Crippen LogP contribution in [0.5, 0.6) is 0 Å². The summed E-state index contributed by atoms with van der Waals surface area (Å²) in [5, 5.41) is 12.0. The lowest BCUT2D eigenvalue weighted by atomic mass is 9.98. The number of allylic oxidation sites excluding steroid dienone is 1. The fourth-order valence-corrected chi connectivity index (χ4v) is 2.99. The molecule has 1 aromatic carbocycles. The van der Waals surface area contributed by atoms with E-state index >= 15 is 0 Å². The first-order chi connectivity index (χ1) is 11.6. The Morgan fingerprint density at radius 3 is 2.50 bits per heavy atom. The third kappa shape index (κ3) is 6.57. The van der Waals surface area contributed by atoms with Crippen LogP contribution in [0.15, 0.2) is 35.9 Å². The second-order valence-electron chi connectivity index (χ2n) is 6.39. The molecule has 0 aliphatic heterocycles. The van der Waals surface area contributed by atoms with Crippen molar-refractivity contribution in [3.8, 4) is 0 Å². The predicted octanol–water partition coefficient (Wildman–Crippen LogP) is 4.82. The SMILES string of the molecule is O=C(O)CCC(=O)c1ccc(NCCC2=CCCCCCC2)cc1. The van der Waals surface area contributed by atoms with E-state index in [1.165, 1.54) is 38.5 Å². The van der Waals surface area contributed by atoms with Crippen molar-refractivity contribution in [3.05, 3.63) is 41.5 Å². The number of carbonyl (C=O) groups is 2. The van der Waals surface area contributed by atoms with Crippen molar-refractivity contribution in [1.82, 2.24) is 0 Å². The van der Waals surface area contributed by atoms with Gasteiger partial charge >= 0.3 is 5.97 Å². The van der Waals surface area contributed by atoms with E-state index in [2.05, 4.69) is 11.4 Å². The molecule has 0 heterocycles. The number of hydrogen-bond acceptors (Lipinski definition) is 3. The zero-order valence-corrected chi connectivity index (χ0v) is 14.2. The Labute approximate surface area is 144 Å². The Kier molecular flexibility index (Phi) is 7.53. The van der Waals surface area contributed by atoms with E-state index in [4.69, 9.17) is 5.11 Å². The molecular weight excluding hydrogens is 302 g/mol. The number of carboxylic acids is 1. The van der Waals surface area contributed by atoms with Crippen molar-refractivity contribution < 1.29 is 14.7 Å². The maximum Gasteiger partial charge on any atom is 0.303 e. The minimum atomic E-state index is -0.940. The number of carboxylic acid groups (broad SMARTS) is 1. The topological polar surface area (TPSA) is 66.4 Å². The number of rotatable bonds is 8. The van der Waals surface area contributed by atoms with Crippen LogP contribution in [0.4, 0.5) is 5.69 Å². The molecule has 4 heteroatoms. The van der Waals surface area contributed by atoms with Crippen molar-refractivity contribution in [2.75, 3.05) is 11.9 Å². The fourth-order valence-electron chi connectivity index (χ4n) is 2.99. The average Bonchev–Trinajstić information content (AvgIpc) is 2.55. The largest absolute Gasteiger partial charge is 0.481 e. The monoisotopic (exact) mass is 329 g/mol. The Balaban J connectivity index is 1.77. The van der Waals surface area contributed by atoms with Gasteiger partial charge in [0.25, 0.3) is 0 Å². The highest BCUT2D eigenvalue weighted by Crippen LogP contribution is 2.20. The van der Waals surface area contributed by atoms with Crippen LogP contribution in [-0.2, 0) is 4.79 Å². The van der Waals surface area contributed by atoms with Gasteiger partial charge in [-0.25, -0.2) is 0 Å². The van der Waals surface area contributed by atoms with Crippen LogP contribution in [0.25, 0.3) is 0 Å². The van der Waals surface area contributed by atoms with E-state index in [1.54, 1.807) is 17.7 Å². The van der Waals surface area contributed by atoms with E-state index in [-0.39, 0.29) is 18.6 Å². The first kappa shape index (κ1) is 18.2. The fraction of sp³-hybridized carbons (Fsp3) is 0.500. The molecule has 0 amide bonds. The zero-order chi connectivity index (χ0) is 17.2. The first-order valence-electron chi connectivity index (χ1n) is 8.92. The average molecular weight is 329 g/mol. The number of Topliss-reactive ketones (excluding diaryl/α,β-unsaturated/α-hetero) is 1.